The van der Waals surface area contributed by atoms with E-state index < -0.39 is 0 Å². The molecule has 1 amide bonds. The number of aromatic nitrogens is 2. The van der Waals surface area contributed by atoms with E-state index in [1.165, 1.54) is 12.4 Å². The maximum absolute atomic E-state index is 11.8. The van der Waals surface area contributed by atoms with Gasteiger partial charge in [-0.05, 0) is 13.8 Å². The zero-order valence-electron chi connectivity index (χ0n) is 9.77. The highest BCUT2D eigenvalue weighted by Crippen LogP contribution is 2.11. The summed E-state index contributed by atoms with van der Waals surface area (Å²) in [5.41, 5.74) is 5.62. The van der Waals surface area contributed by atoms with Gasteiger partial charge in [-0.1, -0.05) is 0 Å². The molecular weight excluding hydrogens is 206 g/mol. The van der Waals surface area contributed by atoms with Crippen LogP contribution >= 0.6 is 0 Å². The van der Waals surface area contributed by atoms with Gasteiger partial charge in [0.25, 0.3) is 0 Å². The number of hydrogen-bond acceptors (Lipinski definition) is 5. The second-order valence-electron chi connectivity index (χ2n) is 3.51. The van der Waals surface area contributed by atoms with Crippen LogP contribution in [0.5, 0.6) is 0 Å². The number of anilines is 2. The maximum Gasteiger partial charge on any atom is 0.244 e. The van der Waals surface area contributed by atoms with Crippen LogP contribution in [-0.2, 0) is 4.79 Å². The van der Waals surface area contributed by atoms with E-state index in [2.05, 4.69) is 15.3 Å². The molecule has 1 aromatic heterocycles. The smallest absolute Gasteiger partial charge is 0.244 e. The normalized spacial score (nSPS) is 11.9. The quantitative estimate of drug-likeness (QED) is 0.768. The lowest BCUT2D eigenvalue weighted by Crippen LogP contribution is -2.39. The molecule has 1 unspecified atom stereocenters. The Balaban J connectivity index is 2.68. The van der Waals surface area contributed by atoms with Gasteiger partial charge < -0.3 is 16.0 Å². The number of carbonyl (C=O) groups is 1. The highest BCUT2D eigenvalue weighted by Gasteiger charge is 2.17. The zero-order valence-corrected chi connectivity index (χ0v) is 9.77. The second-order valence-corrected chi connectivity index (χ2v) is 3.51. The summed E-state index contributed by atoms with van der Waals surface area (Å²) in [4.78, 5) is 21.3. The summed E-state index contributed by atoms with van der Waals surface area (Å²) >= 11 is 0. The van der Waals surface area contributed by atoms with Crippen LogP contribution in [0.2, 0.25) is 0 Å². The fraction of sp³-hybridized carbons (Fsp3) is 0.500. The Bertz CT molecular complexity index is 368. The molecular formula is C10H17N5O. The molecule has 0 spiro atoms. The van der Waals surface area contributed by atoms with Crippen LogP contribution in [0.4, 0.5) is 11.6 Å². The summed E-state index contributed by atoms with van der Waals surface area (Å²) in [5.74, 6) is 0.724. The molecule has 0 bridgehead atoms. The standard InChI is InChI=1S/C10H17N5O/c1-4-15(3)10(16)7(2)14-9-8(11)12-5-6-13-9/h5-7H,4H2,1-3H3,(H2,11,12)(H,13,14). The van der Waals surface area contributed by atoms with Crippen molar-refractivity contribution in [3.63, 3.8) is 0 Å². The van der Waals surface area contributed by atoms with Gasteiger partial charge in [0.05, 0.1) is 0 Å². The molecule has 0 fully saturated rings. The molecule has 1 atom stereocenters. The summed E-state index contributed by atoms with van der Waals surface area (Å²) in [6.45, 7) is 4.35. The van der Waals surface area contributed by atoms with Crippen molar-refractivity contribution in [1.82, 2.24) is 14.9 Å². The minimum absolute atomic E-state index is 0.00690. The van der Waals surface area contributed by atoms with Gasteiger partial charge in [0.1, 0.15) is 6.04 Å². The Hall–Kier alpha value is -1.85. The number of carbonyl (C=O) groups excluding carboxylic acids is 1. The molecule has 0 saturated carbocycles. The third-order valence-electron chi connectivity index (χ3n) is 2.30. The molecule has 0 aliphatic carbocycles. The van der Waals surface area contributed by atoms with E-state index in [9.17, 15) is 4.79 Å². The number of likely N-dealkylation sites (N-methyl/N-ethyl adjacent to an activating group) is 1. The van der Waals surface area contributed by atoms with Crippen LogP contribution in [0.15, 0.2) is 12.4 Å². The van der Waals surface area contributed by atoms with Crippen molar-refractivity contribution in [2.45, 2.75) is 19.9 Å². The Morgan fingerprint density at radius 3 is 2.75 bits per heavy atom. The number of nitrogens with two attached hydrogens (primary N) is 1. The number of rotatable bonds is 4. The molecule has 0 radical (unpaired) electrons. The highest BCUT2D eigenvalue weighted by molar-refractivity contribution is 5.84. The number of hydrogen-bond donors (Lipinski definition) is 2. The third kappa shape index (κ3) is 2.82. The van der Waals surface area contributed by atoms with Crippen LogP contribution in [0, 0.1) is 0 Å². The molecule has 1 heterocycles. The molecule has 0 saturated heterocycles. The minimum atomic E-state index is -0.371. The van der Waals surface area contributed by atoms with E-state index in [1.807, 2.05) is 6.92 Å². The molecule has 3 N–H and O–H groups in total. The van der Waals surface area contributed by atoms with Crippen LogP contribution < -0.4 is 11.1 Å². The van der Waals surface area contributed by atoms with E-state index in [4.69, 9.17) is 5.73 Å². The molecule has 88 valence electrons. The van der Waals surface area contributed by atoms with Crippen LogP contribution in [0.25, 0.3) is 0 Å². The lowest BCUT2D eigenvalue weighted by molar-refractivity contribution is -0.130. The van der Waals surface area contributed by atoms with Gasteiger partial charge in [-0.15, -0.1) is 0 Å². The van der Waals surface area contributed by atoms with Crippen LogP contribution in [-0.4, -0.2) is 40.4 Å². The number of nitrogens with one attached hydrogen (secondary N) is 1. The van der Waals surface area contributed by atoms with Gasteiger partial charge in [0.2, 0.25) is 5.91 Å². The van der Waals surface area contributed by atoms with E-state index in [1.54, 1.807) is 18.9 Å². The molecule has 1 aromatic rings. The zero-order chi connectivity index (χ0) is 12.1. The average molecular weight is 223 g/mol. The molecule has 16 heavy (non-hydrogen) atoms. The molecule has 0 aliphatic heterocycles. The van der Waals surface area contributed by atoms with Gasteiger partial charge in [-0.25, -0.2) is 9.97 Å². The second kappa shape index (κ2) is 5.29. The lowest BCUT2D eigenvalue weighted by Gasteiger charge is -2.21. The van der Waals surface area contributed by atoms with E-state index in [0.717, 1.165) is 0 Å². The van der Waals surface area contributed by atoms with Gasteiger partial charge in [0, 0.05) is 26.0 Å². The average Bonchev–Trinajstić information content (AvgIpc) is 2.30. The minimum Gasteiger partial charge on any atom is -0.381 e. The molecule has 1 rings (SSSR count). The van der Waals surface area contributed by atoms with Crippen molar-refractivity contribution in [3.05, 3.63) is 12.4 Å². The summed E-state index contributed by atoms with van der Waals surface area (Å²) < 4.78 is 0. The first-order valence-corrected chi connectivity index (χ1v) is 5.14. The van der Waals surface area contributed by atoms with Crippen LogP contribution in [0.1, 0.15) is 13.8 Å². The first-order chi connectivity index (χ1) is 7.56. The summed E-state index contributed by atoms with van der Waals surface area (Å²) in [6.07, 6.45) is 3.03. The van der Waals surface area contributed by atoms with E-state index >= 15 is 0 Å². The van der Waals surface area contributed by atoms with Gasteiger partial charge >= 0.3 is 0 Å². The van der Waals surface area contributed by atoms with E-state index in [0.29, 0.717) is 18.2 Å². The number of amides is 1. The highest BCUT2D eigenvalue weighted by atomic mass is 16.2. The first-order valence-electron chi connectivity index (χ1n) is 5.14. The molecule has 0 aromatic carbocycles. The fourth-order valence-corrected chi connectivity index (χ4v) is 1.21. The largest absolute Gasteiger partial charge is 0.381 e. The Morgan fingerprint density at radius 1 is 1.56 bits per heavy atom. The fourth-order valence-electron chi connectivity index (χ4n) is 1.21. The molecule has 6 nitrogen and oxygen atoms in total. The third-order valence-corrected chi connectivity index (χ3v) is 2.30. The topological polar surface area (TPSA) is 84.1 Å². The lowest BCUT2D eigenvalue weighted by atomic mass is 10.3. The summed E-state index contributed by atoms with van der Waals surface area (Å²) in [7, 11) is 1.75. The number of nitrogens with zero attached hydrogens (tertiary/aromatic N) is 3. The summed E-state index contributed by atoms with van der Waals surface area (Å²) in [5, 5.41) is 2.94. The van der Waals surface area contributed by atoms with Crippen molar-refractivity contribution in [2.75, 3.05) is 24.6 Å². The van der Waals surface area contributed by atoms with Gasteiger partial charge in [-0.2, -0.15) is 0 Å². The van der Waals surface area contributed by atoms with Crippen molar-refractivity contribution in [1.29, 1.82) is 0 Å². The first kappa shape index (κ1) is 12.2. The number of nitrogen functional groups attached to an aromatic ring is 1. The summed E-state index contributed by atoms with van der Waals surface area (Å²) in [6, 6.07) is -0.371. The van der Waals surface area contributed by atoms with Crippen molar-refractivity contribution in [3.8, 4) is 0 Å². The Labute approximate surface area is 94.9 Å². The maximum atomic E-state index is 11.8. The predicted molar refractivity (Wildman–Crippen MR) is 62.8 cm³/mol. The van der Waals surface area contributed by atoms with Crippen molar-refractivity contribution in [2.24, 2.45) is 0 Å². The van der Waals surface area contributed by atoms with Crippen LogP contribution in [0.3, 0.4) is 0 Å². The predicted octanol–water partition coefficient (Wildman–Crippen LogP) is 0.337. The molecule has 0 aliphatic rings. The SMILES string of the molecule is CCN(C)C(=O)C(C)Nc1nccnc1N. The Kier molecular flexibility index (Phi) is 4.04. The van der Waals surface area contributed by atoms with Gasteiger partial charge in [-0.3, -0.25) is 4.79 Å². The Morgan fingerprint density at radius 2 is 2.19 bits per heavy atom. The van der Waals surface area contributed by atoms with Crippen molar-refractivity contribution >= 4 is 17.5 Å². The monoisotopic (exact) mass is 223 g/mol. The molecule has 6 heteroatoms. The van der Waals surface area contributed by atoms with E-state index in [-0.39, 0.29) is 11.9 Å². The van der Waals surface area contributed by atoms with Gasteiger partial charge in [0.15, 0.2) is 11.6 Å². The van der Waals surface area contributed by atoms with Crippen molar-refractivity contribution < 1.29 is 4.79 Å².